The van der Waals surface area contributed by atoms with Gasteiger partial charge in [-0.15, -0.1) is 0 Å². The number of piperidine rings is 1. The maximum atomic E-state index is 12.1. The molecule has 2 atom stereocenters. The van der Waals surface area contributed by atoms with E-state index in [9.17, 15) is 4.79 Å². The molecule has 0 saturated carbocycles. The molecule has 0 radical (unpaired) electrons. The van der Waals surface area contributed by atoms with Crippen LogP contribution in [0, 0.1) is 5.92 Å². The molecule has 2 bridgehead atoms. The third-order valence-electron chi connectivity index (χ3n) is 3.27. The van der Waals surface area contributed by atoms with Crippen molar-refractivity contribution in [3.05, 3.63) is 16.4 Å². The number of hydrogen-bond acceptors (Lipinski definition) is 4. The Morgan fingerprint density at radius 3 is 3.19 bits per heavy atom. The van der Waals surface area contributed by atoms with Crippen molar-refractivity contribution in [1.82, 2.24) is 15.4 Å². The van der Waals surface area contributed by atoms with Crippen LogP contribution < -0.4 is 5.32 Å². The Morgan fingerprint density at radius 1 is 1.62 bits per heavy atom. The SMILES string of the molecule is O=C(c1cc(Br)no1)N1CC2CNCC1C2. The van der Waals surface area contributed by atoms with Crippen molar-refractivity contribution < 1.29 is 9.32 Å². The summed E-state index contributed by atoms with van der Waals surface area (Å²) >= 11 is 3.18. The Hall–Kier alpha value is -0.880. The third kappa shape index (κ3) is 1.66. The highest BCUT2D eigenvalue weighted by Gasteiger charge is 2.39. The first-order valence-corrected chi connectivity index (χ1v) is 6.17. The van der Waals surface area contributed by atoms with Crippen molar-refractivity contribution in [3.63, 3.8) is 0 Å². The first-order valence-electron chi connectivity index (χ1n) is 5.38. The van der Waals surface area contributed by atoms with Crippen molar-refractivity contribution in [2.24, 2.45) is 5.92 Å². The molecule has 3 rings (SSSR count). The van der Waals surface area contributed by atoms with Crippen molar-refractivity contribution in [3.8, 4) is 0 Å². The molecule has 2 aliphatic rings. The van der Waals surface area contributed by atoms with E-state index in [-0.39, 0.29) is 5.91 Å². The molecule has 0 spiro atoms. The lowest BCUT2D eigenvalue weighted by atomic mass is 10.0. The van der Waals surface area contributed by atoms with E-state index in [1.807, 2.05) is 4.90 Å². The Balaban J connectivity index is 1.80. The maximum absolute atomic E-state index is 12.1. The van der Waals surface area contributed by atoms with Gasteiger partial charge < -0.3 is 14.7 Å². The number of hydrogen-bond donors (Lipinski definition) is 1. The molecule has 1 N–H and O–H groups in total. The molecule has 2 fully saturated rings. The van der Waals surface area contributed by atoms with Gasteiger partial charge in [-0.1, -0.05) is 5.16 Å². The second-order valence-electron chi connectivity index (χ2n) is 4.39. The molecule has 16 heavy (non-hydrogen) atoms. The molecular weight excluding hydrogens is 274 g/mol. The van der Waals surface area contributed by atoms with E-state index >= 15 is 0 Å². The van der Waals surface area contributed by atoms with Crippen molar-refractivity contribution >= 4 is 21.8 Å². The standard InChI is InChI=1S/C10H12BrN3O2/c11-9-2-8(16-13-9)10(15)14-5-6-1-7(14)4-12-3-6/h2,6-7,12H,1,3-5H2. The number of nitrogens with zero attached hydrogens (tertiary/aromatic N) is 2. The average molecular weight is 286 g/mol. The third-order valence-corrected chi connectivity index (χ3v) is 3.64. The van der Waals surface area contributed by atoms with E-state index in [0.717, 1.165) is 26.1 Å². The van der Waals surface area contributed by atoms with Gasteiger partial charge in [-0.25, -0.2) is 0 Å². The topological polar surface area (TPSA) is 58.4 Å². The summed E-state index contributed by atoms with van der Waals surface area (Å²) in [6, 6.07) is 1.94. The van der Waals surface area contributed by atoms with Gasteiger partial charge in [0.15, 0.2) is 0 Å². The smallest absolute Gasteiger partial charge is 0.292 e. The Labute approximate surface area is 101 Å². The minimum atomic E-state index is -0.0469. The number of rotatable bonds is 1. The molecule has 1 aromatic rings. The number of likely N-dealkylation sites (tertiary alicyclic amines) is 1. The number of amides is 1. The number of nitrogens with one attached hydrogen (secondary N) is 1. The van der Waals surface area contributed by atoms with Gasteiger partial charge >= 0.3 is 0 Å². The van der Waals surface area contributed by atoms with Gasteiger partial charge in [-0.05, 0) is 34.8 Å². The van der Waals surface area contributed by atoms with Crippen LogP contribution in [0.3, 0.4) is 0 Å². The van der Waals surface area contributed by atoms with Crippen LogP contribution in [0.25, 0.3) is 0 Å². The van der Waals surface area contributed by atoms with Gasteiger partial charge in [0.25, 0.3) is 5.91 Å². The van der Waals surface area contributed by atoms with Gasteiger partial charge in [0.1, 0.15) is 4.60 Å². The monoisotopic (exact) mass is 285 g/mol. The second kappa shape index (κ2) is 3.85. The highest BCUT2D eigenvalue weighted by atomic mass is 79.9. The molecule has 3 heterocycles. The lowest BCUT2D eigenvalue weighted by molar-refractivity contribution is 0.0698. The predicted octanol–water partition coefficient (Wildman–Crippen LogP) is 0.871. The van der Waals surface area contributed by atoms with Crippen LogP contribution >= 0.6 is 15.9 Å². The molecule has 0 aliphatic carbocycles. The van der Waals surface area contributed by atoms with E-state index in [1.165, 1.54) is 0 Å². The van der Waals surface area contributed by atoms with Crippen LogP contribution in [-0.4, -0.2) is 41.6 Å². The Morgan fingerprint density at radius 2 is 2.50 bits per heavy atom. The lowest BCUT2D eigenvalue weighted by Crippen LogP contribution is -2.41. The van der Waals surface area contributed by atoms with Crippen LogP contribution in [-0.2, 0) is 0 Å². The largest absolute Gasteiger partial charge is 0.350 e. The van der Waals surface area contributed by atoms with Crippen molar-refractivity contribution in [1.29, 1.82) is 0 Å². The molecule has 1 aromatic heterocycles. The van der Waals surface area contributed by atoms with Crippen LogP contribution in [0.5, 0.6) is 0 Å². The number of carbonyl (C=O) groups is 1. The molecule has 2 unspecified atom stereocenters. The van der Waals surface area contributed by atoms with E-state index < -0.39 is 0 Å². The fourth-order valence-corrected chi connectivity index (χ4v) is 2.83. The van der Waals surface area contributed by atoms with E-state index in [4.69, 9.17) is 4.52 Å². The van der Waals surface area contributed by atoms with E-state index in [0.29, 0.717) is 22.3 Å². The summed E-state index contributed by atoms with van der Waals surface area (Å²) in [6.07, 6.45) is 1.11. The fraction of sp³-hybridized carbons (Fsp3) is 0.600. The van der Waals surface area contributed by atoms with Gasteiger partial charge in [-0.2, -0.15) is 0 Å². The minimum Gasteiger partial charge on any atom is -0.350 e. The van der Waals surface area contributed by atoms with E-state index in [2.05, 4.69) is 26.4 Å². The molecule has 2 saturated heterocycles. The molecule has 6 heteroatoms. The minimum absolute atomic E-state index is 0.0469. The summed E-state index contributed by atoms with van der Waals surface area (Å²) < 4.78 is 5.54. The summed E-state index contributed by atoms with van der Waals surface area (Å²) in [5, 5.41) is 7.01. The molecule has 2 aliphatic heterocycles. The summed E-state index contributed by atoms with van der Waals surface area (Å²) in [5.74, 6) is 0.864. The van der Waals surface area contributed by atoms with Crippen molar-refractivity contribution in [2.45, 2.75) is 12.5 Å². The van der Waals surface area contributed by atoms with Crippen LogP contribution in [0.4, 0.5) is 0 Å². The van der Waals surface area contributed by atoms with Crippen LogP contribution in [0.1, 0.15) is 17.0 Å². The summed E-state index contributed by atoms with van der Waals surface area (Å²) in [5.41, 5.74) is 0. The quantitative estimate of drug-likeness (QED) is 0.832. The average Bonchev–Trinajstić information content (AvgIpc) is 2.83. The molecule has 86 valence electrons. The number of fused-ring (bicyclic) bond motifs is 2. The summed E-state index contributed by atoms with van der Waals surface area (Å²) in [6.45, 7) is 2.73. The summed E-state index contributed by atoms with van der Waals surface area (Å²) in [7, 11) is 0. The first kappa shape index (κ1) is 10.3. The predicted molar refractivity (Wildman–Crippen MR) is 60.0 cm³/mol. The normalized spacial score (nSPS) is 28.4. The van der Waals surface area contributed by atoms with Crippen molar-refractivity contribution in [2.75, 3.05) is 19.6 Å². The highest BCUT2D eigenvalue weighted by Crippen LogP contribution is 2.27. The zero-order valence-electron chi connectivity index (χ0n) is 8.65. The second-order valence-corrected chi connectivity index (χ2v) is 5.20. The zero-order valence-corrected chi connectivity index (χ0v) is 10.2. The maximum Gasteiger partial charge on any atom is 0.292 e. The number of halogens is 1. The Bertz CT molecular complexity index is 420. The molecule has 5 nitrogen and oxygen atoms in total. The lowest BCUT2D eigenvalue weighted by Gasteiger charge is -2.23. The number of carbonyl (C=O) groups excluding carboxylic acids is 1. The highest BCUT2D eigenvalue weighted by molar-refractivity contribution is 9.10. The summed E-state index contributed by atoms with van der Waals surface area (Å²) in [4.78, 5) is 14.0. The Kier molecular flexibility index (Phi) is 2.48. The van der Waals surface area contributed by atoms with Crippen LogP contribution in [0.15, 0.2) is 15.2 Å². The van der Waals surface area contributed by atoms with E-state index in [1.54, 1.807) is 6.07 Å². The van der Waals surface area contributed by atoms with Gasteiger partial charge in [-0.3, -0.25) is 4.79 Å². The molecule has 0 aromatic carbocycles. The molecule has 1 amide bonds. The van der Waals surface area contributed by atoms with Gasteiger partial charge in [0.05, 0.1) is 0 Å². The van der Waals surface area contributed by atoms with Crippen LogP contribution in [0.2, 0.25) is 0 Å². The van der Waals surface area contributed by atoms with Gasteiger partial charge in [0.2, 0.25) is 5.76 Å². The molecular formula is C10H12BrN3O2. The zero-order chi connectivity index (χ0) is 11.1. The first-order chi connectivity index (χ1) is 7.74. The number of aromatic nitrogens is 1. The van der Waals surface area contributed by atoms with Gasteiger partial charge in [0, 0.05) is 25.2 Å². The fourth-order valence-electron chi connectivity index (χ4n) is 2.55.